The number of aliphatic hydroxyl groups is 2. The number of aromatic hydroxyl groups is 1. The van der Waals surface area contributed by atoms with Crippen LogP contribution in [0, 0.1) is 11.8 Å². The van der Waals surface area contributed by atoms with Crippen molar-refractivity contribution in [2.24, 2.45) is 29.0 Å². The van der Waals surface area contributed by atoms with Gasteiger partial charge in [0.25, 0.3) is 0 Å². The average molecular weight is 1640 g/mol. The molecule has 0 radical (unpaired) electrons. The van der Waals surface area contributed by atoms with E-state index >= 15 is 0 Å². The number of thiol groups is 4. The zero-order chi connectivity index (χ0) is 83.3. The van der Waals surface area contributed by atoms with Gasteiger partial charge in [-0.25, -0.2) is 0 Å². The number of nitrogens with zero attached hydrogens (tertiary/aromatic N) is 3. The molecule has 1 aromatic rings. The number of aliphatic carboxylic acids is 1. The topological polar surface area (TPSA) is 620 Å². The van der Waals surface area contributed by atoms with E-state index in [0.717, 1.165) is 4.90 Å². The zero-order valence-corrected chi connectivity index (χ0v) is 65.6. The Morgan fingerprint density at radius 2 is 0.802 bits per heavy atom. The van der Waals surface area contributed by atoms with Gasteiger partial charge >= 0.3 is 5.97 Å². The first-order chi connectivity index (χ1) is 52.4. The number of benzene rings is 1. The largest absolute Gasteiger partial charge is 0.508 e. The van der Waals surface area contributed by atoms with Crippen LogP contribution in [0.2, 0.25) is 0 Å². The van der Waals surface area contributed by atoms with Crippen LogP contribution in [0.4, 0.5) is 0 Å². The van der Waals surface area contributed by atoms with Crippen LogP contribution in [0.25, 0.3) is 0 Å². The predicted molar refractivity (Wildman–Crippen MR) is 408 cm³/mol. The minimum Gasteiger partial charge on any atom is -0.508 e. The second-order valence-corrected chi connectivity index (χ2v) is 29.1. The molecule has 3 heterocycles. The van der Waals surface area contributed by atoms with E-state index in [0.29, 0.717) is 18.4 Å². The van der Waals surface area contributed by atoms with E-state index in [-0.39, 0.29) is 105 Å². The lowest BCUT2D eigenvalue weighted by Crippen LogP contribution is -2.61. The quantitative estimate of drug-likeness (QED) is 0.0270. The van der Waals surface area contributed by atoms with E-state index in [4.69, 9.17) is 17.2 Å². The molecule has 0 aromatic heterocycles. The van der Waals surface area contributed by atoms with E-state index in [1.807, 2.05) is 0 Å². The molecule has 0 saturated carbocycles. The maximum Gasteiger partial charge on any atom is 0.305 e. The SMILES string of the molecule is CC(C)C[C@H](NC(=O)[C@H](C)NC(=O)[C@H](CS)NC(=O)[C@@H]1CCCN1C(=O)[C@@H]1CCCN1C(=O)[C@H](CC(C)C)NC(=O)[C@H](CO)NC(=O)[C@H](CS)NC(=O)[C@H](CS)NC(=O)CN)C(=O)N[C@@H](CO)C(=O)N[C@@H](CC(N)=O)C(=O)N1CCC[C@H]1C(=O)N[C@@H](CC(=O)O)C(=O)N[C@@H](Cc1ccc(O)cc1)C(=O)N[C@@H](CS)C(N)=O. The van der Waals surface area contributed by atoms with Crippen LogP contribution in [-0.2, 0) is 92.7 Å². The molecule has 17 amide bonds. The van der Waals surface area contributed by atoms with Crippen LogP contribution in [0.5, 0.6) is 5.75 Å². The highest BCUT2D eigenvalue weighted by atomic mass is 32.1. The lowest BCUT2D eigenvalue weighted by Gasteiger charge is -2.34. The number of carboxylic acids is 1. The third kappa shape index (κ3) is 28.8. The first-order valence-electron chi connectivity index (χ1n) is 35.8. The third-order valence-corrected chi connectivity index (χ3v) is 19.5. The number of hydrogen-bond donors (Lipinski definition) is 23. The Balaban J connectivity index is 1.41. The van der Waals surface area contributed by atoms with E-state index in [9.17, 15) is 107 Å². The lowest BCUT2D eigenvalue weighted by molar-refractivity contribution is -0.148. The number of amides is 17. The number of phenolic OH excluding ortho intramolecular Hbond substituents is 1. The molecular formula is C67H104N18O22S4. The third-order valence-electron chi connectivity index (χ3n) is 18.1. The number of nitrogens with two attached hydrogens (primary N) is 3. The summed E-state index contributed by atoms with van der Waals surface area (Å²) in [4.78, 5) is 246. The summed E-state index contributed by atoms with van der Waals surface area (Å²) in [6.45, 7) is 5.54. The number of carboxylic acid groups (broad SMARTS) is 1. The summed E-state index contributed by atoms with van der Waals surface area (Å²) < 4.78 is 0. The number of likely N-dealkylation sites (tertiary alicyclic amines) is 3. The van der Waals surface area contributed by atoms with Gasteiger partial charge in [-0.05, 0) is 87.8 Å². The van der Waals surface area contributed by atoms with Crippen molar-refractivity contribution in [3.8, 4) is 5.75 Å². The Morgan fingerprint density at radius 3 is 1.29 bits per heavy atom. The molecule has 3 fully saturated rings. The molecule has 15 atom stereocenters. The molecule has 22 N–H and O–H groups in total. The summed E-state index contributed by atoms with van der Waals surface area (Å²) >= 11 is 16.5. The highest BCUT2D eigenvalue weighted by Crippen LogP contribution is 2.27. The van der Waals surface area contributed by atoms with Crippen molar-refractivity contribution < 1.29 is 107 Å². The second kappa shape index (κ2) is 45.9. The molecular weight excluding hydrogens is 1540 g/mol. The zero-order valence-electron chi connectivity index (χ0n) is 62.0. The van der Waals surface area contributed by atoms with Crippen molar-refractivity contribution in [3.05, 3.63) is 29.8 Å². The Labute approximate surface area is 661 Å². The first-order valence-corrected chi connectivity index (χ1v) is 38.4. The van der Waals surface area contributed by atoms with Crippen LogP contribution in [-0.4, -0.2) is 295 Å². The molecule has 3 aliphatic heterocycles. The number of carbonyl (C=O) groups excluding carboxylic acids is 17. The first kappa shape index (κ1) is 94.1. The Hall–Kier alpha value is -9.24. The molecule has 618 valence electrons. The van der Waals surface area contributed by atoms with Crippen molar-refractivity contribution in [3.63, 3.8) is 0 Å². The van der Waals surface area contributed by atoms with Crippen molar-refractivity contribution in [2.45, 2.75) is 196 Å². The molecule has 0 aliphatic carbocycles. The average Bonchev–Trinajstić information content (AvgIpc) is 1.68. The van der Waals surface area contributed by atoms with Gasteiger partial charge in [-0.3, -0.25) is 86.3 Å². The summed E-state index contributed by atoms with van der Waals surface area (Å²) in [5.74, 6) is -19.5. The number of nitrogens with one attached hydrogen (secondary N) is 12. The van der Waals surface area contributed by atoms with E-state index in [2.05, 4.69) is 114 Å². The summed E-state index contributed by atoms with van der Waals surface area (Å²) in [7, 11) is 0. The molecule has 0 spiro atoms. The molecule has 4 rings (SSSR count). The smallest absolute Gasteiger partial charge is 0.305 e. The summed E-state index contributed by atoms with van der Waals surface area (Å²) in [5.41, 5.74) is 16.6. The summed E-state index contributed by atoms with van der Waals surface area (Å²) in [6, 6.07) is -16.8. The number of rotatable bonds is 44. The predicted octanol–water partition coefficient (Wildman–Crippen LogP) is -8.66. The standard InChI is InChI=1S/C67H104N18O22S4/c1-31(2)19-36(55(95)78-41(25-86)59(99)77-40(22-50(69)89)66(106)83-16-6-9-47(83)63(103)75-38(23-52(91)92)57(97)74-37(21-34-12-14-35(88)15-13-34)56(96)80-43(27-108)53(70)93)73-54(94)33(5)71-60(100)45(29-110)82-64(104)48-10-7-17-84(48)67(107)49-11-8-18-85(49)65(105)39(20-32(3)4)76-58(98)42(26-87)79-62(102)46(30-111)81-61(101)44(28-109)72-51(90)24-68/h12-15,31-33,36-49,86-88,108-111H,6-11,16-30,68H2,1-5H3,(H2,69,89)(H2,70,93)(H,71,100)(H,72,90)(H,73,94)(H,74,97)(H,75,103)(H,76,98)(H,77,99)(H,78,95)(H,79,102)(H,80,96)(H,81,101)(H,82,104)(H,91,92)/t33-,36-,37-,38-,39-,40-,41-,42-,43-,44-,45-,46-,47-,48-,49-/m0/s1. The van der Waals surface area contributed by atoms with Gasteiger partial charge in [0.05, 0.1) is 32.6 Å². The van der Waals surface area contributed by atoms with Gasteiger partial charge in [0.2, 0.25) is 100 Å². The van der Waals surface area contributed by atoms with E-state index in [1.165, 1.54) is 41.0 Å². The number of carbonyl (C=O) groups is 18. The normalized spacial score (nSPS) is 18.6. The Kier molecular flexibility index (Phi) is 39.0. The van der Waals surface area contributed by atoms with Gasteiger partial charge in [0.15, 0.2) is 0 Å². The fraction of sp³-hybridized carbons (Fsp3) is 0.642. The van der Waals surface area contributed by atoms with Gasteiger partial charge in [0.1, 0.15) is 96.4 Å². The fourth-order valence-electron chi connectivity index (χ4n) is 12.3. The fourth-order valence-corrected chi connectivity index (χ4v) is 13.3. The van der Waals surface area contributed by atoms with Crippen LogP contribution in [0.15, 0.2) is 24.3 Å². The summed E-state index contributed by atoms with van der Waals surface area (Å²) in [6.07, 6.45) is -1.35. The maximum atomic E-state index is 14.5. The highest BCUT2D eigenvalue weighted by Gasteiger charge is 2.46. The van der Waals surface area contributed by atoms with Crippen molar-refractivity contribution in [1.29, 1.82) is 0 Å². The van der Waals surface area contributed by atoms with Crippen LogP contribution < -0.4 is 81.0 Å². The molecule has 0 unspecified atom stereocenters. The molecule has 44 heteroatoms. The molecule has 3 aliphatic rings. The number of hydrogen-bond acceptors (Lipinski definition) is 26. The van der Waals surface area contributed by atoms with Crippen LogP contribution in [0.3, 0.4) is 0 Å². The number of primary amides is 2. The minimum atomic E-state index is -1.92. The Bertz CT molecular complexity index is 3530. The molecule has 40 nitrogen and oxygen atoms in total. The van der Waals surface area contributed by atoms with Gasteiger partial charge < -0.3 is 116 Å². The minimum absolute atomic E-state index is 0.0371. The molecule has 111 heavy (non-hydrogen) atoms. The van der Waals surface area contributed by atoms with Crippen LogP contribution in [0.1, 0.15) is 104 Å². The van der Waals surface area contributed by atoms with Gasteiger partial charge in [-0.2, -0.15) is 50.5 Å². The van der Waals surface area contributed by atoms with Gasteiger partial charge in [0, 0.05) is 49.1 Å². The summed E-state index contributed by atoms with van der Waals surface area (Å²) in [5, 5.41) is 69.1. The lowest BCUT2D eigenvalue weighted by atomic mass is 10.0. The molecule has 3 saturated heterocycles. The van der Waals surface area contributed by atoms with Crippen molar-refractivity contribution in [1.82, 2.24) is 78.5 Å². The van der Waals surface area contributed by atoms with Crippen LogP contribution >= 0.6 is 50.5 Å². The second-order valence-electron chi connectivity index (χ2n) is 27.6. The molecule has 1 aromatic carbocycles. The number of phenols is 1. The highest BCUT2D eigenvalue weighted by molar-refractivity contribution is 7.80. The van der Waals surface area contributed by atoms with Crippen molar-refractivity contribution in [2.75, 3.05) is 62.4 Å². The maximum absolute atomic E-state index is 14.5. The number of aliphatic hydroxyl groups excluding tert-OH is 2. The van der Waals surface area contributed by atoms with Gasteiger partial charge in [-0.15, -0.1) is 0 Å². The monoisotopic (exact) mass is 1640 g/mol. The molecule has 0 bridgehead atoms. The van der Waals surface area contributed by atoms with E-state index < -0.39 is 230 Å². The van der Waals surface area contributed by atoms with Crippen molar-refractivity contribution >= 4 is 157 Å². The Morgan fingerprint density at radius 1 is 0.432 bits per heavy atom. The van der Waals surface area contributed by atoms with Gasteiger partial charge in [-0.1, -0.05) is 39.8 Å². The van der Waals surface area contributed by atoms with E-state index in [1.54, 1.807) is 27.7 Å².